The molecule has 1 fully saturated rings. The van der Waals surface area contributed by atoms with Crippen LogP contribution in [0.3, 0.4) is 0 Å². The number of cyclic esters (lactones) is 1. The van der Waals surface area contributed by atoms with E-state index >= 15 is 0 Å². The second-order valence-corrected chi connectivity index (χ2v) is 6.72. The molecule has 4 nitrogen and oxygen atoms in total. The summed E-state index contributed by atoms with van der Waals surface area (Å²) in [5, 5.41) is 1.23. The van der Waals surface area contributed by atoms with Gasteiger partial charge in [0.1, 0.15) is 12.4 Å². The maximum Gasteiger partial charge on any atom is 0.410 e. The number of aromatic nitrogens is 1. The Morgan fingerprint density at radius 3 is 2.76 bits per heavy atom. The highest BCUT2D eigenvalue weighted by Crippen LogP contribution is 2.35. The van der Waals surface area contributed by atoms with E-state index in [4.69, 9.17) is 4.74 Å². The van der Waals surface area contributed by atoms with Crippen molar-refractivity contribution in [2.45, 2.75) is 25.6 Å². The van der Waals surface area contributed by atoms with Crippen molar-refractivity contribution in [1.29, 1.82) is 0 Å². The molecule has 3 aromatic rings. The van der Waals surface area contributed by atoms with Gasteiger partial charge in [0.25, 0.3) is 0 Å². The fourth-order valence-corrected chi connectivity index (χ4v) is 4.04. The van der Waals surface area contributed by atoms with Crippen LogP contribution in [0.5, 0.6) is 0 Å². The molecule has 1 aromatic heterocycles. The number of hydrogen-bond donors (Lipinski definition) is 0. The Morgan fingerprint density at radius 2 is 1.92 bits per heavy atom. The third-order valence-corrected chi connectivity index (χ3v) is 5.28. The molecule has 5 rings (SSSR count). The smallest absolute Gasteiger partial charge is 0.410 e. The number of hydrogen-bond acceptors (Lipinski definition) is 2. The molecule has 1 amide bonds. The van der Waals surface area contributed by atoms with Crippen molar-refractivity contribution in [2.75, 3.05) is 6.61 Å². The van der Waals surface area contributed by atoms with E-state index in [9.17, 15) is 9.18 Å². The summed E-state index contributed by atoms with van der Waals surface area (Å²) in [7, 11) is 0. The van der Waals surface area contributed by atoms with Crippen molar-refractivity contribution in [1.82, 2.24) is 9.47 Å². The molecule has 1 atom stereocenters. The molecule has 2 aliphatic rings. The molecule has 2 aliphatic heterocycles. The van der Waals surface area contributed by atoms with Gasteiger partial charge < -0.3 is 9.30 Å². The van der Waals surface area contributed by atoms with Gasteiger partial charge in [0.2, 0.25) is 0 Å². The Kier molecular flexibility index (Phi) is 3.10. The van der Waals surface area contributed by atoms with Gasteiger partial charge in [-0.2, -0.15) is 0 Å². The quantitative estimate of drug-likeness (QED) is 0.715. The van der Waals surface area contributed by atoms with Crippen molar-refractivity contribution in [2.24, 2.45) is 0 Å². The van der Waals surface area contributed by atoms with Gasteiger partial charge >= 0.3 is 6.09 Å². The molecule has 0 spiro atoms. The van der Waals surface area contributed by atoms with Gasteiger partial charge in [-0.05, 0) is 35.7 Å². The first-order valence-corrected chi connectivity index (χ1v) is 8.47. The topological polar surface area (TPSA) is 34.5 Å². The normalized spacial score (nSPS) is 19.0. The Morgan fingerprint density at radius 1 is 1.12 bits per heavy atom. The summed E-state index contributed by atoms with van der Waals surface area (Å²) in [6.45, 7) is 1.69. The van der Waals surface area contributed by atoms with Crippen molar-refractivity contribution in [3.8, 4) is 0 Å². The average molecular weight is 336 g/mol. The van der Waals surface area contributed by atoms with Crippen LogP contribution in [0.25, 0.3) is 10.9 Å². The first kappa shape index (κ1) is 14.5. The number of amides is 1. The van der Waals surface area contributed by atoms with E-state index in [1.807, 2.05) is 29.2 Å². The van der Waals surface area contributed by atoms with Gasteiger partial charge in [-0.1, -0.05) is 30.3 Å². The van der Waals surface area contributed by atoms with E-state index in [-0.39, 0.29) is 18.0 Å². The van der Waals surface area contributed by atoms with E-state index in [0.717, 1.165) is 23.2 Å². The van der Waals surface area contributed by atoms with Crippen LogP contribution in [0.15, 0.2) is 48.5 Å². The minimum atomic E-state index is -0.231. The molecule has 0 radical (unpaired) electrons. The standard InChI is InChI=1S/C20H17FN2O2/c21-14-7-5-13(6-8-14)10-23-18-4-2-1-3-16(18)17-9-15-12-25-20(24)22(15)11-19(17)23/h1-8,15H,9-12H2/t15-/m1/s1. The number of nitrogens with zero attached hydrogens (tertiary/aromatic N) is 2. The molecule has 5 heteroatoms. The Hall–Kier alpha value is -2.82. The molecule has 25 heavy (non-hydrogen) atoms. The Labute approximate surface area is 144 Å². The number of carbonyl (C=O) groups excluding carboxylic acids is 1. The first-order valence-electron chi connectivity index (χ1n) is 8.47. The van der Waals surface area contributed by atoms with Crippen molar-refractivity contribution >= 4 is 17.0 Å². The van der Waals surface area contributed by atoms with Crippen LogP contribution in [-0.4, -0.2) is 28.2 Å². The number of benzene rings is 2. The van der Waals surface area contributed by atoms with Crippen LogP contribution >= 0.6 is 0 Å². The number of rotatable bonds is 2. The number of fused-ring (bicyclic) bond motifs is 4. The second kappa shape index (κ2) is 5.34. The summed E-state index contributed by atoms with van der Waals surface area (Å²) in [6, 6.07) is 15.1. The minimum Gasteiger partial charge on any atom is -0.447 e. The lowest BCUT2D eigenvalue weighted by molar-refractivity contribution is 0.154. The molecule has 0 unspecified atom stereocenters. The van der Waals surface area contributed by atoms with Gasteiger partial charge in [0, 0.05) is 23.1 Å². The third-order valence-electron chi connectivity index (χ3n) is 5.28. The van der Waals surface area contributed by atoms with Gasteiger partial charge in [-0.3, -0.25) is 4.90 Å². The zero-order chi connectivity index (χ0) is 17.0. The van der Waals surface area contributed by atoms with E-state index < -0.39 is 0 Å². The van der Waals surface area contributed by atoms with E-state index in [1.165, 1.54) is 23.1 Å². The second-order valence-electron chi connectivity index (χ2n) is 6.72. The Balaban J connectivity index is 1.64. The van der Waals surface area contributed by atoms with Gasteiger partial charge in [-0.25, -0.2) is 9.18 Å². The first-order chi connectivity index (χ1) is 12.2. The van der Waals surface area contributed by atoms with Crippen LogP contribution in [-0.2, 0) is 24.2 Å². The number of halogens is 1. The lowest BCUT2D eigenvalue weighted by Gasteiger charge is -2.28. The van der Waals surface area contributed by atoms with Crippen molar-refractivity contribution in [3.63, 3.8) is 0 Å². The van der Waals surface area contributed by atoms with Crippen LogP contribution in [0.4, 0.5) is 9.18 Å². The summed E-state index contributed by atoms with van der Waals surface area (Å²) in [5.41, 5.74) is 4.65. The van der Waals surface area contributed by atoms with Crippen LogP contribution in [0.1, 0.15) is 16.8 Å². The highest BCUT2D eigenvalue weighted by atomic mass is 19.1. The van der Waals surface area contributed by atoms with Crippen LogP contribution in [0.2, 0.25) is 0 Å². The van der Waals surface area contributed by atoms with E-state index in [2.05, 4.69) is 16.7 Å². The highest BCUT2D eigenvalue weighted by molar-refractivity contribution is 5.86. The van der Waals surface area contributed by atoms with Crippen LogP contribution < -0.4 is 0 Å². The third kappa shape index (κ3) is 2.22. The Bertz CT molecular complexity index is 977. The molecule has 0 aliphatic carbocycles. The van der Waals surface area contributed by atoms with Gasteiger partial charge in [0.15, 0.2) is 0 Å². The zero-order valence-corrected chi connectivity index (χ0v) is 13.6. The lowest BCUT2D eigenvalue weighted by Crippen LogP contribution is -2.39. The molecular weight excluding hydrogens is 319 g/mol. The number of ether oxygens (including phenoxy) is 1. The zero-order valence-electron chi connectivity index (χ0n) is 13.6. The summed E-state index contributed by atoms with van der Waals surface area (Å²) < 4.78 is 20.7. The molecule has 0 N–H and O–H groups in total. The molecule has 3 heterocycles. The van der Waals surface area contributed by atoms with Crippen molar-refractivity contribution in [3.05, 3.63) is 71.2 Å². The summed E-state index contributed by atoms with van der Waals surface area (Å²) in [5.74, 6) is -0.231. The van der Waals surface area contributed by atoms with E-state index in [1.54, 1.807) is 0 Å². The molecule has 2 aromatic carbocycles. The summed E-state index contributed by atoms with van der Waals surface area (Å²) >= 11 is 0. The number of para-hydroxylation sites is 1. The SMILES string of the molecule is O=C1OC[C@H]2Cc3c(n(Cc4ccc(F)cc4)c4ccccc34)CN12. The maximum atomic E-state index is 13.2. The van der Waals surface area contributed by atoms with Gasteiger partial charge in [-0.15, -0.1) is 0 Å². The average Bonchev–Trinajstić information content (AvgIpc) is 3.14. The molecular formula is C20H17FN2O2. The lowest BCUT2D eigenvalue weighted by atomic mass is 9.98. The number of carbonyl (C=O) groups is 1. The molecule has 1 saturated heterocycles. The van der Waals surface area contributed by atoms with Gasteiger partial charge in [0.05, 0.1) is 12.6 Å². The highest BCUT2D eigenvalue weighted by Gasteiger charge is 2.39. The maximum absolute atomic E-state index is 13.2. The minimum absolute atomic E-state index is 0.130. The van der Waals surface area contributed by atoms with E-state index in [0.29, 0.717) is 19.7 Å². The monoisotopic (exact) mass is 336 g/mol. The van der Waals surface area contributed by atoms with Crippen LogP contribution in [0, 0.1) is 5.82 Å². The van der Waals surface area contributed by atoms with Crippen molar-refractivity contribution < 1.29 is 13.9 Å². The largest absolute Gasteiger partial charge is 0.447 e. The fourth-order valence-electron chi connectivity index (χ4n) is 4.04. The predicted molar refractivity (Wildman–Crippen MR) is 91.8 cm³/mol. The molecule has 126 valence electrons. The molecule has 0 bridgehead atoms. The predicted octanol–water partition coefficient (Wildman–Crippen LogP) is 3.71. The molecule has 0 saturated carbocycles. The fraction of sp³-hybridized carbons (Fsp3) is 0.250. The summed E-state index contributed by atoms with van der Waals surface area (Å²) in [4.78, 5) is 13.8. The summed E-state index contributed by atoms with van der Waals surface area (Å²) in [6.07, 6.45) is 0.590.